The number of carbonyl (C=O) groups excluding carboxylic acids is 1. The van der Waals surface area contributed by atoms with Crippen LogP contribution < -0.4 is 11.5 Å². The molecule has 1 aromatic heterocycles. The van der Waals surface area contributed by atoms with Gasteiger partial charge in [0.15, 0.2) is 5.16 Å². The third-order valence-electron chi connectivity index (χ3n) is 3.57. The Bertz CT molecular complexity index is 682. The van der Waals surface area contributed by atoms with Gasteiger partial charge in [0.2, 0.25) is 5.91 Å². The van der Waals surface area contributed by atoms with E-state index in [9.17, 15) is 4.79 Å². The molecule has 110 valence electrons. The van der Waals surface area contributed by atoms with Crippen LogP contribution in [0.3, 0.4) is 0 Å². The van der Waals surface area contributed by atoms with E-state index in [1.54, 1.807) is 18.2 Å². The van der Waals surface area contributed by atoms with Crippen LogP contribution in [0.15, 0.2) is 28.3 Å². The summed E-state index contributed by atoms with van der Waals surface area (Å²) in [6.07, 6.45) is 4.47. The monoisotopic (exact) mass is 303 g/mol. The van der Waals surface area contributed by atoms with E-state index in [0.717, 1.165) is 41.7 Å². The molecule has 2 aromatic rings. The number of hydrogen-bond donors (Lipinski definition) is 2. The number of rotatable bonds is 3. The number of hydrogen-bond acceptors (Lipinski definition) is 5. The maximum absolute atomic E-state index is 11.3. The van der Waals surface area contributed by atoms with Crippen molar-refractivity contribution in [3.8, 4) is 0 Å². The van der Waals surface area contributed by atoms with E-state index >= 15 is 0 Å². The molecule has 0 saturated carbocycles. The number of nitrogens with zero attached hydrogens (tertiary/aromatic N) is 3. The van der Waals surface area contributed by atoms with Crippen LogP contribution in [0.1, 0.15) is 35.4 Å². The Morgan fingerprint density at radius 2 is 2.10 bits per heavy atom. The summed E-state index contributed by atoms with van der Waals surface area (Å²) in [5, 5.41) is 9.33. The second kappa shape index (κ2) is 5.77. The van der Waals surface area contributed by atoms with Crippen LogP contribution >= 0.6 is 11.8 Å². The molecule has 3 rings (SSSR count). The zero-order valence-corrected chi connectivity index (χ0v) is 12.4. The quantitative estimate of drug-likeness (QED) is 0.843. The zero-order chi connectivity index (χ0) is 14.8. The lowest BCUT2D eigenvalue weighted by molar-refractivity contribution is 0.1000. The van der Waals surface area contributed by atoms with Crippen molar-refractivity contribution in [1.29, 1.82) is 0 Å². The van der Waals surface area contributed by atoms with Gasteiger partial charge in [0.1, 0.15) is 5.82 Å². The summed E-state index contributed by atoms with van der Waals surface area (Å²) >= 11 is 1.43. The molecule has 4 N–H and O–H groups in total. The number of nitrogens with two attached hydrogens (primary N) is 2. The zero-order valence-electron chi connectivity index (χ0n) is 11.6. The highest BCUT2D eigenvalue weighted by atomic mass is 32.2. The molecule has 0 aliphatic carbocycles. The fourth-order valence-electron chi connectivity index (χ4n) is 2.41. The summed E-state index contributed by atoms with van der Waals surface area (Å²) in [6.45, 7) is 0.931. The number of amides is 1. The van der Waals surface area contributed by atoms with E-state index in [1.165, 1.54) is 18.2 Å². The highest BCUT2D eigenvalue weighted by Gasteiger charge is 2.17. The molecule has 2 heterocycles. The first-order valence-corrected chi connectivity index (χ1v) is 7.76. The van der Waals surface area contributed by atoms with Gasteiger partial charge >= 0.3 is 0 Å². The van der Waals surface area contributed by atoms with Crippen LogP contribution in [0.25, 0.3) is 0 Å². The molecule has 1 aliphatic heterocycles. The van der Waals surface area contributed by atoms with Crippen LogP contribution in [0.4, 0.5) is 5.69 Å². The van der Waals surface area contributed by atoms with Crippen LogP contribution in [-0.2, 0) is 13.0 Å². The van der Waals surface area contributed by atoms with Crippen LogP contribution in [0.2, 0.25) is 0 Å². The highest BCUT2D eigenvalue weighted by Crippen LogP contribution is 2.33. The van der Waals surface area contributed by atoms with Crippen molar-refractivity contribution in [2.75, 3.05) is 5.73 Å². The van der Waals surface area contributed by atoms with Gasteiger partial charge in [-0.15, -0.1) is 10.2 Å². The van der Waals surface area contributed by atoms with Crippen molar-refractivity contribution in [3.05, 3.63) is 29.6 Å². The molecular weight excluding hydrogens is 286 g/mol. The third kappa shape index (κ3) is 2.87. The Labute approximate surface area is 126 Å². The number of aryl methyl sites for hydroxylation is 1. The molecule has 0 unspecified atom stereocenters. The minimum absolute atomic E-state index is 0.447. The van der Waals surface area contributed by atoms with Crippen molar-refractivity contribution < 1.29 is 4.79 Å². The van der Waals surface area contributed by atoms with E-state index in [4.69, 9.17) is 11.5 Å². The predicted molar refractivity (Wildman–Crippen MR) is 81.1 cm³/mol. The smallest absolute Gasteiger partial charge is 0.248 e. The van der Waals surface area contributed by atoms with E-state index in [1.807, 2.05) is 0 Å². The largest absolute Gasteiger partial charge is 0.398 e. The van der Waals surface area contributed by atoms with E-state index in [2.05, 4.69) is 14.8 Å². The van der Waals surface area contributed by atoms with Crippen molar-refractivity contribution in [1.82, 2.24) is 14.8 Å². The summed E-state index contributed by atoms with van der Waals surface area (Å²) in [6, 6.07) is 5.04. The summed E-state index contributed by atoms with van der Waals surface area (Å²) < 4.78 is 2.15. The summed E-state index contributed by atoms with van der Waals surface area (Å²) in [7, 11) is 0. The molecule has 0 spiro atoms. The van der Waals surface area contributed by atoms with Gasteiger partial charge in [-0.05, 0) is 42.8 Å². The lowest BCUT2D eigenvalue weighted by atomic mass is 10.2. The number of fused-ring (bicyclic) bond motifs is 1. The standard InChI is InChI=1S/C14H17N5OS/c15-10-6-5-9(13(16)20)8-11(10)21-14-18-17-12-4-2-1-3-7-19(12)14/h5-6,8H,1-4,7,15H2,(H2,16,20). The average molecular weight is 303 g/mol. The molecule has 1 amide bonds. The van der Waals surface area contributed by atoms with Crippen LogP contribution in [0.5, 0.6) is 0 Å². The molecular formula is C14H17N5OS. The lowest BCUT2D eigenvalue weighted by Crippen LogP contribution is -2.11. The van der Waals surface area contributed by atoms with Crippen LogP contribution in [0, 0.1) is 0 Å². The Balaban J connectivity index is 1.92. The molecule has 0 saturated heterocycles. The minimum atomic E-state index is -0.461. The number of carbonyl (C=O) groups is 1. The molecule has 7 heteroatoms. The van der Waals surface area contributed by atoms with Gasteiger partial charge in [-0.25, -0.2) is 0 Å². The SMILES string of the molecule is NC(=O)c1ccc(N)c(Sc2nnc3n2CCCCC3)c1. The molecule has 0 atom stereocenters. The maximum atomic E-state index is 11.3. The Morgan fingerprint density at radius 3 is 2.90 bits per heavy atom. The van der Waals surface area contributed by atoms with Crippen molar-refractivity contribution in [2.45, 2.75) is 42.3 Å². The van der Waals surface area contributed by atoms with Gasteiger partial charge in [-0.1, -0.05) is 6.42 Å². The molecule has 1 aliphatic rings. The van der Waals surface area contributed by atoms with E-state index in [0.29, 0.717) is 11.3 Å². The third-order valence-corrected chi connectivity index (χ3v) is 4.63. The fourth-order valence-corrected chi connectivity index (χ4v) is 3.37. The second-order valence-electron chi connectivity index (χ2n) is 5.08. The summed E-state index contributed by atoms with van der Waals surface area (Å²) in [4.78, 5) is 12.1. The van der Waals surface area contributed by atoms with Crippen molar-refractivity contribution in [3.63, 3.8) is 0 Å². The first-order valence-electron chi connectivity index (χ1n) is 6.94. The predicted octanol–water partition coefficient (Wildman–Crippen LogP) is 1.84. The van der Waals surface area contributed by atoms with Gasteiger partial charge in [-0.3, -0.25) is 4.79 Å². The second-order valence-corrected chi connectivity index (χ2v) is 6.09. The number of nitrogen functional groups attached to an aromatic ring is 1. The molecule has 0 fully saturated rings. The first kappa shape index (κ1) is 13.9. The summed E-state index contributed by atoms with van der Waals surface area (Å²) in [5.74, 6) is 0.566. The average Bonchev–Trinajstić information content (AvgIpc) is 2.70. The first-order chi connectivity index (χ1) is 10.1. The molecule has 21 heavy (non-hydrogen) atoms. The molecule has 1 aromatic carbocycles. The van der Waals surface area contributed by atoms with Gasteiger partial charge in [0.05, 0.1) is 0 Å². The van der Waals surface area contributed by atoms with Crippen molar-refractivity contribution >= 4 is 23.4 Å². The summed E-state index contributed by atoms with van der Waals surface area (Å²) in [5.41, 5.74) is 12.4. The topological polar surface area (TPSA) is 99.8 Å². The number of primary amides is 1. The Hall–Kier alpha value is -2.02. The van der Waals surface area contributed by atoms with Gasteiger partial charge < -0.3 is 16.0 Å². The lowest BCUT2D eigenvalue weighted by Gasteiger charge is -2.09. The molecule has 6 nitrogen and oxygen atoms in total. The Morgan fingerprint density at radius 1 is 1.24 bits per heavy atom. The molecule has 0 radical (unpaired) electrons. The number of benzene rings is 1. The van der Waals surface area contributed by atoms with Crippen LogP contribution in [-0.4, -0.2) is 20.7 Å². The normalized spacial score (nSPS) is 14.5. The van der Waals surface area contributed by atoms with Crippen molar-refractivity contribution in [2.24, 2.45) is 5.73 Å². The number of anilines is 1. The van der Waals surface area contributed by atoms with Gasteiger partial charge in [0, 0.05) is 29.1 Å². The van der Waals surface area contributed by atoms with Gasteiger partial charge in [0.25, 0.3) is 0 Å². The van der Waals surface area contributed by atoms with E-state index in [-0.39, 0.29) is 0 Å². The minimum Gasteiger partial charge on any atom is -0.398 e. The Kier molecular flexibility index (Phi) is 3.83. The van der Waals surface area contributed by atoms with Gasteiger partial charge in [-0.2, -0.15) is 0 Å². The van der Waals surface area contributed by atoms with E-state index < -0.39 is 5.91 Å². The number of aromatic nitrogens is 3. The highest BCUT2D eigenvalue weighted by molar-refractivity contribution is 7.99. The maximum Gasteiger partial charge on any atom is 0.248 e. The molecule has 0 bridgehead atoms. The fraction of sp³-hybridized carbons (Fsp3) is 0.357.